The molecule has 2 N–H and O–H groups in total. The molecule has 1 saturated heterocycles. The molecule has 2 fully saturated rings. The lowest BCUT2D eigenvalue weighted by Crippen LogP contribution is -2.47. The first-order valence-electron chi connectivity index (χ1n) is 13.1. The molecule has 5 heterocycles. The minimum absolute atomic E-state index is 0.00311. The van der Waals surface area contributed by atoms with Gasteiger partial charge in [-0.15, -0.1) is 0 Å². The Kier molecular flexibility index (Phi) is 6.42. The molecule has 1 aliphatic carbocycles. The predicted octanol–water partition coefficient (Wildman–Crippen LogP) is 3.73. The number of aryl methyl sites for hydroxylation is 2. The summed E-state index contributed by atoms with van der Waals surface area (Å²) in [5.74, 6) is 0.669. The number of carbonyl (C=O) groups is 2. The summed E-state index contributed by atoms with van der Waals surface area (Å²) in [7, 11) is 0. The second kappa shape index (κ2) is 9.70. The molecule has 12 heteroatoms. The molecule has 1 saturated carbocycles. The van der Waals surface area contributed by atoms with Gasteiger partial charge >= 0.3 is 0 Å². The summed E-state index contributed by atoms with van der Waals surface area (Å²) in [5.41, 5.74) is 3.20. The summed E-state index contributed by atoms with van der Waals surface area (Å²) in [4.78, 5) is 46.4. The van der Waals surface area contributed by atoms with Crippen molar-refractivity contribution < 1.29 is 14.7 Å². The number of rotatable bonds is 6. The van der Waals surface area contributed by atoms with Crippen molar-refractivity contribution in [2.75, 3.05) is 5.32 Å². The summed E-state index contributed by atoms with van der Waals surface area (Å²) in [5, 5.41) is 18.7. The summed E-state index contributed by atoms with van der Waals surface area (Å²) >= 11 is 3.35. The third-order valence-electron chi connectivity index (χ3n) is 7.95. The van der Waals surface area contributed by atoms with Crippen LogP contribution in [-0.4, -0.2) is 63.6 Å². The van der Waals surface area contributed by atoms with Crippen LogP contribution < -0.4 is 5.32 Å². The Bertz CT molecular complexity index is 1650. The number of halogens is 1. The van der Waals surface area contributed by atoms with Crippen LogP contribution in [0.1, 0.15) is 49.9 Å². The van der Waals surface area contributed by atoms with Gasteiger partial charge in [-0.1, -0.05) is 13.0 Å². The molecule has 0 spiro atoms. The van der Waals surface area contributed by atoms with Crippen molar-refractivity contribution in [3.63, 3.8) is 0 Å². The molecule has 0 radical (unpaired) electrons. The maximum Gasteiger partial charge on any atom is 0.248 e. The molecule has 2 aliphatic rings. The highest BCUT2D eigenvalue weighted by atomic mass is 79.9. The number of nitrogens with one attached hydrogen (secondary N) is 1. The summed E-state index contributed by atoms with van der Waals surface area (Å²) in [6.07, 6.45) is 5.63. The number of carbonyl (C=O) groups excluding carboxylic acids is 2. The van der Waals surface area contributed by atoms with Crippen LogP contribution >= 0.6 is 15.9 Å². The smallest absolute Gasteiger partial charge is 0.248 e. The predicted molar refractivity (Wildman–Crippen MR) is 151 cm³/mol. The van der Waals surface area contributed by atoms with Gasteiger partial charge in [-0.3, -0.25) is 19.3 Å². The van der Waals surface area contributed by atoms with E-state index in [2.05, 4.69) is 53.2 Å². The van der Waals surface area contributed by atoms with Crippen molar-refractivity contribution in [1.82, 2.24) is 34.6 Å². The number of aliphatic hydroxyl groups is 1. The average Bonchev–Trinajstić information content (AvgIpc) is 3.28. The number of likely N-dealkylation sites (tertiary alicyclic amines) is 1. The number of hydrogen-bond acceptors (Lipinski definition) is 8. The first-order valence-corrected chi connectivity index (χ1v) is 13.9. The Labute approximate surface area is 239 Å². The number of amides is 2. The van der Waals surface area contributed by atoms with E-state index in [-0.39, 0.29) is 29.8 Å². The highest BCUT2D eigenvalue weighted by Crippen LogP contribution is 2.59. The SMILES string of the molecule is Cc1ncc(-c2cc3c(C(C)O)nn(CC(=O)N4[C@H](C(=O)Nc5nc(Br)ccc5C)C[C@@]5(C)C[C@@H]45)c3cn2)cn1. The fourth-order valence-electron chi connectivity index (χ4n) is 5.61. The van der Waals surface area contributed by atoms with Crippen molar-refractivity contribution in [1.29, 1.82) is 0 Å². The van der Waals surface area contributed by atoms with Gasteiger partial charge in [-0.2, -0.15) is 5.10 Å². The van der Waals surface area contributed by atoms with Crippen LogP contribution in [0.2, 0.25) is 0 Å². The zero-order chi connectivity index (χ0) is 28.3. The molecule has 4 aromatic heterocycles. The van der Waals surface area contributed by atoms with Crippen LogP contribution in [0, 0.1) is 19.3 Å². The third kappa shape index (κ3) is 4.64. The normalized spacial score (nSPS) is 22.3. The van der Waals surface area contributed by atoms with Crippen LogP contribution in [0.5, 0.6) is 0 Å². The Balaban J connectivity index is 1.28. The minimum atomic E-state index is -0.860. The molecular weight excluding hydrogens is 576 g/mol. The number of anilines is 1. The molecule has 4 aromatic rings. The highest BCUT2D eigenvalue weighted by molar-refractivity contribution is 9.10. The number of aromatic nitrogens is 6. The Hall–Kier alpha value is -3.77. The van der Waals surface area contributed by atoms with Crippen LogP contribution in [0.15, 0.2) is 41.4 Å². The monoisotopic (exact) mass is 604 g/mol. The Morgan fingerprint density at radius 1 is 1.18 bits per heavy atom. The first kappa shape index (κ1) is 26.5. The van der Waals surface area contributed by atoms with E-state index >= 15 is 0 Å². The third-order valence-corrected chi connectivity index (χ3v) is 8.39. The van der Waals surface area contributed by atoms with Crippen LogP contribution in [0.25, 0.3) is 22.2 Å². The number of hydrogen-bond donors (Lipinski definition) is 2. The molecule has 11 nitrogen and oxygen atoms in total. The maximum absolute atomic E-state index is 13.8. The van der Waals surface area contributed by atoms with Crippen molar-refractivity contribution in [2.24, 2.45) is 5.41 Å². The molecule has 1 unspecified atom stereocenters. The van der Waals surface area contributed by atoms with E-state index in [0.29, 0.717) is 45.0 Å². The molecule has 6 rings (SSSR count). The lowest BCUT2D eigenvalue weighted by atomic mass is 10.0. The fourth-order valence-corrected chi connectivity index (χ4v) is 5.92. The maximum atomic E-state index is 13.8. The van der Waals surface area contributed by atoms with Gasteiger partial charge in [-0.05, 0) is 72.7 Å². The second-order valence-corrected chi connectivity index (χ2v) is 11.8. The standard InChI is InChI=1S/C28H29BrN8O3/c1-14-5-6-23(29)33-26(14)34-27(40)20-8-28(4)9-22(28)37(20)24(39)13-36-21-12-32-19(17-10-30-16(3)31-11-17)7-18(21)25(35-36)15(2)38/h5-7,10-12,15,20,22,38H,8-9,13H2,1-4H3,(H,33,34,40)/t15?,20-,22+,28-/m0/s1. The minimum Gasteiger partial charge on any atom is -0.387 e. The topological polar surface area (TPSA) is 139 Å². The summed E-state index contributed by atoms with van der Waals surface area (Å²) in [6, 6.07) is 4.90. The number of fused-ring (bicyclic) bond motifs is 2. The molecule has 0 aromatic carbocycles. The van der Waals surface area contributed by atoms with E-state index in [1.165, 1.54) is 0 Å². The van der Waals surface area contributed by atoms with Gasteiger partial charge in [0.25, 0.3) is 0 Å². The van der Waals surface area contributed by atoms with Gasteiger partial charge in [-0.25, -0.2) is 15.0 Å². The Morgan fingerprint density at radius 3 is 2.65 bits per heavy atom. The summed E-state index contributed by atoms with van der Waals surface area (Å²) < 4.78 is 2.18. The van der Waals surface area contributed by atoms with Crippen molar-refractivity contribution >= 4 is 44.5 Å². The van der Waals surface area contributed by atoms with Gasteiger partial charge in [0.15, 0.2) is 0 Å². The quantitative estimate of drug-likeness (QED) is 0.317. The second-order valence-electron chi connectivity index (χ2n) is 11.0. The molecule has 1 aliphatic heterocycles. The van der Waals surface area contributed by atoms with Crippen molar-refractivity contribution in [2.45, 2.75) is 65.3 Å². The van der Waals surface area contributed by atoms with Crippen molar-refractivity contribution in [3.05, 3.63) is 58.5 Å². The van der Waals surface area contributed by atoms with Gasteiger partial charge in [0.05, 0.1) is 29.2 Å². The van der Waals surface area contributed by atoms with Crippen molar-refractivity contribution in [3.8, 4) is 11.3 Å². The first-order chi connectivity index (χ1) is 19.0. The lowest BCUT2D eigenvalue weighted by molar-refractivity contribution is -0.138. The molecule has 206 valence electrons. The zero-order valence-corrected chi connectivity index (χ0v) is 24.2. The number of pyridine rings is 2. The number of piperidine rings is 1. The largest absolute Gasteiger partial charge is 0.387 e. The molecular formula is C28H29BrN8O3. The van der Waals surface area contributed by atoms with E-state index < -0.39 is 12.1 Å². The molecule has 4 atom stereocenters. The lowest BCUT2D eigenvalue weighted by Gasteiger charge is -2.27. The molecule has 40 heavy (non-hydrogen) atoms. The fraction of sp³-hybridized carbons (Fsp3) is 0.393. The average molecular weight is 605 g/mol. The highest BCUT2D eigenvalue weighted by Gasteiger charge is 2.64. The molecule has 2 amide bonds. The van der Waals surface area contributed by atoms with Crippen LogP contribution in [0.3, 0.4) is 0 Å². The van der Waals surface area contributed by atoms with Gasteiger partial charge < -0.3 is 15.3 Å². The number of nitrogens with zero attached hydrogens (tertiary/aromatic N) is 7. The number of aliphatic hydroxyl groups excluding tert-OH is 1. The molecule has 0 bridgehead atoms. The van der Waals surface area contributed by atoms with E-state index in [0.717, 1.165) is 17.5 Å². The summed E-state index contributed by atoms with van der Waals surface area (Å²) in [6.45, 7) is 7.35. The van der Waals surface area contributed by atoms with E-state index in [4.69, 9.17) is 0 Å². The van der Waals surface area contributed by atoms with Gasteiger partial charge in [0.1, 0.15) is 28.8 Å². The van der Waals surface area contributed by atoms with Gasteiger partial charge in [0.2, 0.25) is 11.8 Å². The van der Waals surface area contributed by atoms with E-state index in [1.807, 2.05) is 32.0 Å². The van der Waals surface area contributed by atoms with Crippen LogP contribution in [-0.2, 0) is 16.1 Å². The van der Waals surface area contributed by atoms with Crippen LogP contribution in [0.4, 0.5) is 5.82 Å². The Morgan fingerprint density at radius 2 is 1.93 bits per heavy atom. The van der Waals surface area contributed by atoms with Gasteiger partial charge in [0, 0.05) is 29.4 Å². The zero-order valence-electron chi connectivity index (χ0n) is 22.6. The van der Waals surface area contributed by atoms with E-state index in [1.54, 1.807) is 35.1 Å². The van der Waals surface area contributed by atoms with E-state index in [9.17, 15) is 14.7 Å².